The van der Waals surface area contributed by atoms with Crippen LogP contribution in [0.3, 0.4) is 0 Å². The number of ketones is 1. The van der Waals surface area contributed by atoms with Crippen molar-refractivity contribution in [2.24, 2.45) is 16.7 Å². The summed E-state index contributed by atoms with van der Waals surface area (Å²) >= 11 is 0. The molecule has 1 fully saturated rings. The maximum Gasteiger partial charge on any atom is 0.168 e. The predicted molar refractivity (Wildman–Crippen MR) is 153 cm³/mol. The second-order valence-electron chi connectivity index (χ2n) is 11.0. The van der Waals surface area contributed by atoms with Crippen molar-refractivity contribution in [2.75, 3.05) is 0 Å². The smallest absolute Gasteiger partial charge is 0.168 e. The molecular formula is C34H42IrNO2-. The molecule has 3 nitrogen and oxygen atoms in total. The van der Waals surface area contributed by atoms with Crippen LogP contribution in [0.1, 0.15) is 84.6 Å². The fourth-order valence-corrected chi connectivity index (χ4v) is 6.42. The monoisotopic (exact) mass is 689 g/mol. The first-order valence-corrected chi connectivity index (χ1v) is 14.2. The summed E-state index contributed by atoms with van der Waals surface area (Å²) in [6.45, 7) is 10.6. The quantitative estimate of drug-likeness (QED) is 0.272. The molecule has 1 radical (unpaired) electrons. The Bertz CT molecular complexity index is 1270. The number of benzene rings is 2. The summed E-state index contributed by atoms with van der Waals surface area (Å²) in [5.41, 5.74) is 4.77. The Balaban J connectivity index is 0.000000207. The van der Waals surface area contributed by atoms with Gasteiger partial charge in [-0.1, -0.05) is 52.0 Å². The Morgan fingerprint density at radius 3 is 2.16 bits per heavy atom. The summed E-state index contributed by atoms with van der Waals surface area (Å²) in [5, 5.41) is 12.0. The molecule has 0 amide bonds. The molecule has 0 saturated heterocycles. The van der Waals surface area contributed by atoms with Crippen LogP contribution >= 0.6 is 0 Å². The van der Waals surface area contributed by atoms with Crippen LogP contribution < -0.4 is 0 Å². The molecular weight excluding hydrogens is 647 g/mol. The Morgan fingerprint density at radius 1 is 0.921 bits per heavy atom. The number of nitrogens with zero attached hydrogens (tertiary/aromatic N) is 1. The third-order valence-corrected chi connectivity index (χ3v) is 9.37. The van der Waals surface area contributed by atoms with Crippen LogP contribution in [-0.4, -0.2) is 15.9 Å². The van der Waals surface area contributed by atoms with E-state index in [0.29, 0.717) is 11.7 Å². The molecule has 1 heterocycles. The SMILES string of the molecule is CCC1(CC)CCC2CCC(CC)(CC)C(O)=C2C1=O.Cc1ccc2ccc(-c3[c-]cccc3)nc2c1.[Ir]. The minimum Gasteiger partial charge on any atom is -0.511 e. The van der Waals surface area contributed by atoms with Gasteiger partial charge in [-0.2, -0.15) is 0 Å². The van der Waals surface area contributed by atoms with Gasteiger partial charge in [0, 0.05) is 36.5 Å². The molecule has 1 unspecified atom stereocenters. The molecule has 0 spiro atoms. The molecule has 38 heavy (non-hydrogen) atoms. The average molecular weight is 689 g/mol. The number of Topliss-reactive ketones (excluding diaryl/α,β-unsaturated/α-hetero) is 1. The summed E-state index contributed by atoms with van der Waals surface area (Å²) in [7, 11) is 0. The van der Waals surface area contributed by atoms with Gasteiger partial charge in [0.2, 0.25) is 0 Å². The summed E-state index contributed by atoms with van der Waals surface area (Å²) in [4.78, 5) is 17.7. The van der Waals surface area contributed by atoms with Gasteiger partial charge in [-0.15, -0.1) is 35.9 Å². The van der Waals surface area contributed by atoms with Crippen molar-refractivity contribution in [3.8, 4) is 11.3 Å². The minimum absolute atomic E-state index is 0. The van der Waals surface area contributed by atoms with Gasteiger partial charge in [0.15, 0.2) is 5.78 Å². The van der Waals surface area contributed by atoms with Crippen molar-refractivity contribution < 1.29 is 30.0 Å². The van der Waals surface area contributed by atoms with Gasteiger partial charge in [-0.3, -0.25) is 9.78 Å². The molecule has 1 saturated carbocycles. The molecule has 3 aromatic rings. The molecule has 1 atom stereocenters. The van der Waals surface area contributed by atoms with Crippen molar-refractivity contribution in [1.29, 1.82) is 0 Å². The van der Waals surface area contributed by atoms with Crippen LogP contribution in [-0.2, 0) is 24.9 Å². The largest absolute Gasteiger partial charge is 0.511 e. The molecule has 2 aliphatic rings. The first-order valence-electron chi connectivity index (χ1n) is 14.2. The number of carbonyl (C=O) groups excluding carboxylic acids is 1. The standard InChI is InChI=1S/C18H30O2.C16H12N.Ir/c1-5-17(6-2)11-9-13-10-12-18(7-3,8-4)16(20)14(13)15(17)19;1-12-7-8-14-9-10-15(17-16(14)11-12)13-5-3-2-4-6-13;/h13,19H,5-12H2,1-4H3;2-5,7-11H,1H3;/q;-1;. The average Bonchev–Trinajstić information content (AvgIpc) is 2.94. The Labute approximate surface area is 242 Å². The van der Waals surface area contributed by atoms with E-state index in [1.807, 2.05) is 30.3 Å². The van der Waals surface area contributed by atoms with Crippen LogP contribution in [0.5, 0.6) is 0 Å². The zero-order valence-electron chi connectivity index (χ0n) is 23.6. The van der Waals surface area contributed by atoms with E-state index in [0.717, 1.165) is 73.7 Å². The number of allylic oxidation sites excluding steroid dienone is 2. The van der Waals surface area contributed by atoms with Crippen LogP contribution in [0.2, 0.25) is 0 Å². The third kappa shape index (κ3) is 5.68. The normalized spacial score (nSPS) is 19.7. The van der Waals surface area contributed by atoms with E-state index in [2.05, 4.69) is 69.9 Å². The maximum atomic E-state index is 13.1. The topological polar surface area (TPSA) is 50.2 Å². The number of aromatic nitrogens is 1. The first kappa shape index (κ1) is 30.3. The van der Waals surface area contributed by atoms with Crippen molar-refractivity contribution in [1.82, 2.24) is 4.98 Å². The van der Waals surface area contributed by atoms with E-state index in [1.54, 1.807) is 0 Å². The van der Waals surface area contributed by atoms with E-state index < -0.39 is 0 Å². The summed E-state index contributed by atoms with van der Waals surface area (Å²) in [6, 6.07) is 21.6. The predicted octanol–water partition coefficient (Wildman–Crippen LogP) is 9.19. The molecule has 0 bridgehead atoms. The Kier molecular flexibility index (Phi) is 10.1. The molecule has 0 aliphatic heterocycles. The minimum atomic E-state index is -0.204. The number of hydrogen-bond donors (Lipinski definition) is 1. The number of fused-ring (bicyclic) bond motifs is 2. The Morgan fingerprint density at radius 2 is 1.55 bits per heavy atom. The van der Waals surface area contributed by atoms with E-state index in [1.165, 1.54) is 10.9 Å². The van der Waals surface area contributed by atoms with Crippen LogP contribution in [0.25, 0.3) is 22.2 Å². The Hall–Kier alpha value is -2.29. The molecule has 2 aromatic carbocycles. The zero-order chi connectivity index (χ0) is 26.6. The van der Waals surface area contributed by atoms with Gasteiger partial charge in [-0.25, -0.2) is 0 Å². The molecule has 205 valence electrons. The molecule has 4 heteroatoms. The van der Waals surface area contributed by atoms with E-state index in [9.17, 15) is 9.90 Å². The third-order valence-electron chi connectivity index (χ3n) is 9.37. The van der Waals surface area contributed by atoms with E-state index in [-0.39, 0.29) is 36.7 Å². The van der Waals surface area contributed by atoms with Gasteiger partial charge < -0.3 is 5.11 Å². The second-order valence-corrected chi connectivity index (χ2v) is 11.0. The van der Waals surface area contributed by atoms with Crippen molar-refractivity contribution in [3.63, 3.8) is 0 Å². The van der Waals surface area contributed by atoms with Gasteiger partial charge in [0.25, 0.3) is 0 Å². The van der Waals surface area contributed by atoms with Gasteiger partial charge in [-0.05, 0) is 86.9 Å². The van der Waals surface area contributed by atoms with Crippen molar-refractivity contribution in [2.45, 2.75) is 86.0 Å². The number of hydrogen-bond acceptors (Lipinski definition) is 3. The van der Waals surface area contributed by atoms with Gasteiger partial charge >= 0.3 is 0 Å². The zero-order valence-corrected chi connectivity index (χ0v) is 26.0. The molecule has 1 aromatic heterocycles. The number of aryl methyl sites for hydroxylation is 1. The molecule has 1 N–H and O–H groups in total. The van der Waals surface area contributed by atoms with Crippen molar-refractivity contribution >= 4 is 16.7 Å². The van der Waals surface area contributed by atoms with Crippen LogP contribution in [0.4, 0.5) is 0 Å². The van der Waals surface area contributed by atoms with Gasteiger partial charge in [0.1, 0.15) is 5.76 Å². The van der Waals surface area contributed by atoms with Crippen LogP contribution in [0, 0.1) is 29.7 Å². The fourth-order valence-electron chi connectivity index (χ4n) is 6.42. The summed E-state index contributed by atoms with van der Waals surface area (Å²) in [5.74, 6) is 1.04. The fraction of sp³-hybridized carbons (Fsp3) is 0.471. The molecule has 5 rings (SSSR count). The first-order chi connectivity index (χ1) is 17.8. The maximum absolute atomic E-state index is 13.1. The number of rotatable bonds is 5. The number of carbonyl (C=O) groups is 1. The number of aliphatic hydroxyl groups is 1. The van der Waals surface area contributed by atoms with E-state index in [4.69, 9.17) is 0 Å². The summed E-state index contributed by atoms with van der Waals surface area (Å²) < 4.78 is 0. The van der Waals surface area contributed by atoms with E-state index >= 15 is 0 Å². The summed E-state index contributed by atoms with van der Waals surface area (Å²) in [6.07, 6.45) is 7.87. The second kappa shape index (κ2) is 12.7. The number of aliphatic hydroxyl groups excluding tert-OH is 1. The number of pyridine rings is 1. The van der Waals surface area contributed by atoms with Crippen molar-refractivity contribution in [3.05, 3.63) is 77.6 Å². The van der Waals surface area contributed by atoms with Gasteiger partial charge in [0.05, 0.1) is 5.52 Å². The molecule has 2 aliphatic carbocycles. The van der Waals surface area contributed by atoms with Crippen LogP contribution in [0.15, 0.2) is 65.9 Å².